The van der Waals surface area contributed by atoms with Gasteiger partial charge in [-0.1, -0.05) is 11.6 Å². The second-order valence-electron chi connectivity index (χ2n) is 5.55. The maximum absolute atomic E-state index is 12.4. The van der Waals surface area contributed by atoms with Crippen molar-refractivity contribution in [2.45, 2.75) is 29.4 Å². The number of nitrogens with one attached hydrogen (secondary N) is 1. The number of rotatable bonds is 5. The maximum atomic E-state index is 12.4. The van der Waals surface area contributed by atoms with Gasteiger partial charge in [0.1, 0.15) is 5.25 Å². The average molecular weight is 339 g/mol. The normalized spacial score (nSPS) is 25.6. The first-order valence-corrected chi connectivity index (χ1v) is 8.55. The van der Waals surface area contributed by atoms with Gasteiger partial charge in [0.15, 0.2) is 16.5 Å². The number of hydrazone groups is 1. The van der Waals surface area contributed by atoms with Crippen molar-refractivity contribution in [1.82, 2.24) is 0 Å². The van der Waals surface area contributed by atoms with Gasteiger partial charge in [0, 0.05) is 30.2 Å². The van der Waals surface area contributed by atoms with Crippen molar-refractivity contribution in [1.29, 1.82) is 5.53 Å². The van der Waals surface area contributed by atoms with Crippen LogP contribution in [0.25, 0.3) is 0 Å². The summed E-state index contributed by atoms with van der Waals surface area (Å²) in [6.07, 6.45) is 2.51. The first-order chi connectivity index (χ1) is 10.6. The molecule has 0 spiro atoms. The molecule has 0 saturated heterocycles. The number of nitrogens with zero attached hydrogens (tertiary/aromatic N) is 2. The van der Waals surface area contributed by atoms with E-state index in [0.717, 1.165) is 12.8 Å². The van der Waals surface area contributed by atoms with Gasteiger partial charge in [-0.05, 0) is 35.8 Å². The van der Waals surface area contributed by atoms with Gasteiger partial charge in [0.25, 0.3) is 0 Å². The Morgan fingerprint density at radius 3 is 2.68 bits per heavy atom. The predicted molar refractivity (Wildman–Crippen MR) is 83.6 cm³/mol. The molecule has 2 aliphatic carbocycles. The lowest BCUT2D eigenvalue weighted by molar-refractivity contribution is 0.0964. The van der Waals surface area contributed by atoms with Crippen LogP contribution >= 0.6 is 11.6 Å². The first kappa shape index (κ1) is 15.5. The number of ketones is 1. The lowest BCUT2D eigenvalue weighted by Crippen LogP contribution is -2.11. The van der Waals surface area contributed by atoms with Crippen molar-refractivity contribution in [3.8, 4) is 0 Å². The van der Waals surface area contributed by atoms with Crippen LogP contribution < -0.4 is 5.84 Å². The zero-order valence-electron chi connectivity index (χ0n) is 11.7. The summed E-state index contributed by atoms with van der Waals surface area (Å²) in [7, 11) is 0. The van der Waals surface area contributed by atoms with E-state index in [2.05, 4.69) is 10.2 Å². The van der Waals surface area contributed by atoms with Gasteiger partial charge >= 0.3 is 0 Å². The van der Waals surface area contributed by atoms with Crippen LogP contribution in [0.3, 0.4) is 0 Å². The lowest BCUT2D eigenvalue weighted by Gasteiger charge is -2.11. The molecule has 0 aliphatic heterocycles. The standard InChI is InChI=1S/C14H15ClN4O2S/c15-11-5-7(1-4-12(11)22(21)8-2-3-8)13(20)9-6-10(9)14(18-16)19-17/h1,4-5,8-10,16H,2-3,6,17H2/b18-16?,19-14-/t9-,10-,22?/m0/s1. The second-order valence-corrected chi connectivity index (χ2v) is 7.66. The van der Waals surface area contributed by atoms with Crippen LogP contribution in [0.15, 0.2) is 33.3 Å². The molecule has 1 aromatic rings. The third-order valence-corrected chi connectivity index (χ3v) is 6.26. The number of nitrogens with two attached hydrogens (primary N) is 1. The van der Waals surface area contributed by atoms with Gasteiger partial charge in [-0.2, -0.15) is 5.10 Å². The van der Waals surface area contributed by atoms with Crippen molar-refractivity contribution < 1.29 is 9.35 Å². The number of benzene rings is 1. The molecular weight excluding hydrogens is 324 g/mol. The van der Waals surface area contributed by atoms with Crippen LogP contribution in [0.5, 0.6) is 0 Å². The number of amidine groups is 1. The molecule has 0 heterocycles. The molecule has 2 fully saturated rings. The first-order valence-electron chi connectivity index (χ1n) is 6.96. The van der Waals surface area contributed by atoms with E-state index in [1.165, 1.54) is 0 Å². The van der Waals surface area contributed by atoms with E-state index in [0.29, 0.717) is 21.9 Å². The molecule has 6 nitrogen and oxygen atoms in total. The molecule has 0 amide bonds. The highest BCUT2D eigenvalue weighted by Crippen LogP contribution is 2.43. The zero-order valence-corrected chi connectivity index (χ0v) is 13.2. The molecule has 116 valence electrons. The molecule has 22 heavy (non-hydrogen) atoms. The number of hydrogen-bond donors (Lipinski definition) is 2. The fraction of sp³-hybridized carbons (Fsp3) is 0.429. The van der Waals surface area contributed by atoms with Crippen LogP contribution in [0.2, 0.25) is 5.02 Å². The molecule has 0 bridgehead atoms. The molecule has 0 aromatic heterocycles. The summed E-state index contributed by atoms with van der Waals surface area (Å²) in [5.41, 5.74) is 7.45. The third kappa shape index (κ3) is 2.88. The van der Waals surface area contributed by atoms with E-state index in [1.807, 2.05) is 0 Å². The molecule has 1 unspecified atom stereocenters. The van der Waals surface area contributed by atoms with Crippen LogP contribution in [0.4, 0.5) is 0 Å². The van der Waals surface area contributed by atoms with Crippen LogP contribution in [-0.4, -0.2) is 21.4 Å². The smallest absolute Gasteiger partial charge is 0.173 e. The lowest BCUT2D eigenvalue weighted by atomic mass is 10.1. The second kappa shape index (κ2) is 5.98. The number of Topliss-reactive ketones (excluding diaryl/α,β-unsaturated/α-hetero) is 1. The Balaban J connectivity index is 1.74. The number of hydrogen-bond acceptors (Lipinski definition) is 5. The summed E-state index contributed by atoms with van der Waals surface area (Å²) in [5, 5.41) is 7.22. The van der Waals surface area contributed by atoms with E-state index < -0.39 is 11.2 Å². The van der Waals surface area contributed by atoms with Crippen molar-refractivity contribution >= 4 is 34.4 Å². The summed E-state index contributed by atoms with van der Waals surface area (Å²) in [6, 6.07) is 4.91. The molecule has 3 N–H and O–H groups in total. The highest BCUT2D eigenvalue weighted by Gasteiger charge is 2.47. The molecule has 3 atom stereocenters. The van der Waals surface area contributed by atoms with Crippen LogP contribution in [0, 0.1) is 17.4 Å². The monoisotopic (exact) mass is 338 g/mol. The predicted octanol–water partition coefficient (Wildman–Crippen LogP) is 2.73. The van der Waals surface area contributed by atoms with Crippen molar-refractivity contribution in [2.24, 2.45) is 27.9 Å². The average Bonchev–Trinajstić information content (AvgIpc) is 3.39. The van der Waals surface area contributed by atoms with Crippen molar-refractivity contribution in [2.75, 3.05) is 0 Å². The van der Waals surface area contributed by atoms with E-state index in [4.69, 9.17) is 23.0 Å². The van der Waals surface area contributed by atoms with E-state index >= 15 is 0 Å². The minimum atomic E-state index is -1.09. The fourth-order valence-electron chi connectivity index (χ4n) is 2.47. The Kier molecular flexibility index (Phi) is 4.20. The summed E-state index contributed by atoms with van der Waals surface area (Å²) >= 11 is 5.09. The Hall–Kier alpha value is -1.44. The highest BCUT2D eigenvalue weighted by atomic mass is 35.5. The molecular formula is C14H15ClN4O2S. The summed E-state index contributed by atoms with van der Waals surface area (Å²) in [5.74, 6) is 4.82. The van der Waals surface area contributed by atoms with Crippen molar-refractivity contribution in [3.63, 3.8) is 0 Å². The van der Waals surface area contributed by atoms with Crippen molar-refractivity contribution in [3.05, 3.63) is 28.8 Å². The Bertz CT molecular complexity index is 662. The molecule has 8 heteroatoms. The Labute approximate surface area is 135 Å². The highest BCUT2D eigenvalue weighted by molar-refractivity contribution is 7.92. The largest absolute Gasteiger partial charge is 0.611 e. The number of halogens is 1. The topological polar surface area (TPSA) is 115 Å². The molecule has 0 radical (unpaired) electrons. The van der Waals surface area contributed by atoms with Gasteiger partial charge in [0.2, 0.25) is 0 Å². The Morgan fingerprint density at radius 1 is 1.41 bits per heavy atom. The molecule has 3 rings (SSSR count). The zero-order chi connectivity index (χ0) is 15.9. The quantitative estimate of drug-likeness (QED) is 0.163. The van der Waals surface area contributed by atoms with E-state index in [9.17, 15) is 9.35 Å². The molecule has 2 saturated carbocycles. The third-order valence-electron chi connectivity index (χ3n) is 3.97. The fourth-order valence-corrected chi connectivity index (χ4v) is 4.26. The van der Waals surface area contributed by atoms with Gasteiger partial charge < -0.3 is 10.4 Å². The van der Waals surface area contributed by atoms with E-state index in [1.54, 1.807) is 18.2 Å². The minimum absolute atomic E-state index is 0.0690. The van der Waals surface area contributed by atoms with Gasteiger partial charge in [-0.15, -0.1) is 5.11 Å². The molecule has 2 aliphatic rings. The number of carbonyl (C=O) groups excluding carboxylic acids is 1. The Morgan fingerprint density at radius 2 is 2.14 bits per heavy atom. The molecule has 1 aromatic carbocycles. The summed E-state index contributed by atoms with van der Waals surface area (Å²) in [6.45, 7) is 0. The maximum Gasteiger partial charge on any atom is 0.173 e. The van der Waals surface area contributed by atoms with Gasteiger partial charge in [-0.25, -0.2) is 5.53 Å². The minimum Gasteiger partial charge on any atom is -0.611 e. The summed E-state index contributed by atoms with van der Waals surface area (Å²) in [4.78, 5) is 13.0. The van der Waals surface area contributed by atoms with E-state index in [-0.39, 0.29) is 28.7 Å². The van der Waals surface area contributed by atoms with Gasteiger partial charge in [-0.3, -0.25) is 4.79 Å². The van der Waals surface area contributed by atoms with Crippen LogP contribution in [0.1, 0.15) is 29.6 Å². The van der Waals surface area contributed by atoms with Crippen LogP contribution in [-0.2, 0) is 11.2 Å². The number of carbonyl (C=O) groups is 1. The van der Waals surface area contributed by atoms with Gasteiger partial charge in [0.05, 0.1) is 5.02 Å². The SMILES string of the molecule is N=N/C(=N\N)[C@H]1C[C@@H]1C(=O)c1ccc([S+]([O-])C2CC2)c(Cl)c1. The summed E-state index contributed by atoms with van der Waals surface area (Å²) < 4.78 is 12.2.